The Kier molecular flexibility index (Phi) is 5.26. The summed E-state index contributed by atoms with van der Waals surface area (Å²) in [5, 5.41) is -0.0413. The van der Waals surface area contributed by atoms with Crippen molar-refractivity contribution in [1.29, 1.82) is 0 Å². The fraction of sp³-hybridized carbons (Fsp3) is 0.357. The fourth-order valence-corrected chi connectivity index (χ4v) is 1.91. The van der Waals surface area contributed by atoms with Gasteiger partial charge in [-0.3, -0.25) is 0 Å². The standard InChI is InChI=1S/C14H12Cl3F3/c1-13(2,3)5-4-9(14(18,19)20)8-6-10(15)12(17)11(16)7-8/h5-7H,1-3H3. The summed E-state index contributed by atoms with van der Waals surface area (Å²) in [6.07, 6.45) is -3.21. The second kappa shape index (κ2) is 6.03. The van der Waals surface area contributed by atoms with Crippen molar-refractivity contribution in [3.8, 4) is 0 Å². The molecule has 0 aliphatic rings. The van der Waals surface area contributed by atoms with Crippen LogP contribution in [0.1, 0.15) is 26.3 Å². The highest BCUT2D eigenvalue weighted by molar-refractivity contribution is 6.48. The normalized spacial score (nSPS) is 12.1. The largest absolute Gasteiger partial charge is 0.424 e. The van der Waals surface area contributed by atoms with Crippen LogP contribution in [0.15, 0.2) is 23.9 Å². The summed E-state index contributed by atoms with van der Waals surface area (Å²) in [5.41, 5.74) is 0.756. The molecule has 0 aromatic heterocycles. The van der Waals surface area contributed by atoms with Crippen LogP contribution < -0.4 is 0 Å². The molecule has 0 unspecified atom stereocenters. The zero-order valence-corrected chi connectivity index (χ0v) is 13.3. The number of allylic oxidation sites excluding steroid dienone is 1. The van der Waals surface area contributed by atoms with E-state index >= 15 is 0 Å². The van der Waals surface area contributed by atoms with E-state index in [2.05, 4.69) is 5.73 Å². The first-order valence-corrected chi connectivity index (χ1v) is 6.75. The summed E-state index contributed by atoms with van der Waals surface area (Å²) < 4.78 is 39.3. The van der Waals surface area contributed by atoms with Crippen molar-refractivity contribution < 1.29 is 13.2 Å². The highest BCUT2D eigenvalue weighted by Crippen LogP contribution is 2.39. The van der Waals surface area contributed by atoms with Gasteiger partial charge < -0.3 is 0 Å². The maximum atomic E-state index is 13.1. The average Bonchev–Trinajstić information content (AvgIpc) is 2.22. The van der Waals surface area contributed by atoms with Gasteiger partial charge in [0.05, 0.1) is 15.1 Å². The minimum atomic E-state index is -4.57. The third-order valence-electron chi connectivity index (χ3n) is 2.21. The van der Waals surface area contributed by atoms with Gasteiger partial charge in [-0.05, 0) is 29.2 Å². The Morgan fingerprint density at radius 3 is 1.85 bits per heavy atom. The van der Waals surface area contributed by atoms with Gasteiger partial charge in [0.15, 0.2) is 0 Å². The van der Waals surface area contributed by atoms with Crippen molar-refractivity contribution in [2.75, 3.05) is 0 Å². The lowest BCUT2D eigenvalue weighted by molar-refractivity contribution is -0.0687. The van der Waals surface area contributed by atoms with Crippen LogP contribution in [0.3, 0.4) is 0 Å². The molecule has 0 atom stereocenters. The van der Waals surface area contributed by atoms with Crippen molar-refractivity contribution >= 4 is 40.4 Å². The molecule has 0 radical (unpaired) electrons. The Bertz CT molecular complexity index is 551. The van der Waals surface area contributed by atoms with Crippen LogP contribution in [0.5, 0.6) is 0 Å². The molecule has 0 aliphatic heterocycles. The smallest absolute Gasteiger partial charge is 0.165 e. The van der Waals surface area contributed by atoms with E-state index in [9.17, 15) is 13.2 Å². The highest BCUT2D eigenvalue weighted by atomic mass is 35.5. The van der Waals surface area contributed by atoms with E-state index in [1.54, 1.807) is 20.8 Å². The summed E-state index contributed by atoms with van der Waals surface area (Å²) in [7, 11) is 0. The van der Waals surface area contributed by atoms with E-state index < -0.39 is 17.2 Å². The quantitative estimate of drug-likeness (QED) is 0.389. The zero-order valence-electron chi connectivity index (χ0n) is 11.0. The van der Waals surface area contributed by atoms with Gasteiger partial charge in [-0.1, -0.05) is 55.6 Å². The Balaban J connectivity index is 3.53. The average molecular weight is 344 g/mol. The Morgan fingerprint density at radius 2 is 1.50 bits per heavy atom. The summed E-state index contributed by atoms with van der Waals surface area (Å²) in [5.74, 6) is 0. The molecule has 0 fully saturated rings. The third-order valence-corrected chi connectivity index (χ3v) is 3.40. The maximum Gasteiger partial charge on any atom is 0.424 e. The van der Waals surface area contributed by atoms with Gasteiger partial charge in [-0.2, -0.15) is 13.2 Å². The zero-order chi connectivity index (χ0) is 15.7. The molecule has 1 aromatic carbocycles. The van der Waals surface area contributed by atoms with Gasteiger partial charge in [0.1, 0.15) is 5.57 Å². The van der Waals surface area contributed by atoms with Crippen LogP contribution >= 0.6 is 34.8 Å². The summed E-state index contributed by atoms with van der Waals surface area (Å²) in [4.78, 5) is 0. The Hall–Kier alpha value is -0.600. The van der Waals surface area contributed by atoms with Crippen LogP contribution in [-0.2, 0) is 0 Å². The molecule has 0 aliphatic carbocycles. The van der Waals surface area contributed by atoms with Crippen LogP contribution in [0.2, 0.25) is 15.1 Å². The molecular weight excluding hydrogens is 332 g/mol. The lowest BCUT2D eigenvalue weighted by Gasteiger charge is -2.13. The van der Waals surface area contributed by atoms with Crippen molar-refractivity contribution in [2.45, 2.75) is 26.9 Å². The maximum absolute atomic E-state index is 13.1. The van der Waals surface area contributed by atoms with Gasteiger partial charge in [0.25, 0.3) is 0 Å². The van der Waals surface area contributed by atoms with E-state index in [0.717, 1.165) is 12.1 Å². The molecule has 0 heterocycles. The second-order valence-electron chi connectivity index (χ2n) is 5.28. The second-order valence-corrected chi connectivity index (χ2v) is 6.47. The first-order valence-electron chi connectivity index (χ1n) is 5.62. The summed E-state index contributed by atoms with van der Waals surface area (Å²) in [6, 6.07) is 2.25. The predicted octanol–water partition coefficient (Wildman–Crippen LogP) is 6.79. The molecule has 0 saturated heterocycles. The number of benzene rings is 1. The number of alkyl halides is 3. The molecule has 0 spiro atoms. The lowest BCUT2D eigenvalue weighted by atomic mass is 9.96. The van der Waals surface area contributed by atoms with Crippen LogP contribution in [0, 0.1) is 5.41 Å². The van der Waals surface area contributed by atoms with Gasteiger partial charge >= 0.3 is 6.18 Å². The van der Waals surface area contributed by atoms with E-state index in [4.69, 9.17) is 34.8 Å². The van der Waals surface area contributed by atoms with Crippen molar-refractivity contribution in [3.05, 3.63) is 44.6 Å². The lowest BCUT2D eigenvalue weighted by Crippen LogP contribution is -2.10. The molecule has 0 saturated carbocycles. The SMILES string of the molecule is CC(C)(C)C=C=C(c1cc(Cl)c(Cl)c(Cl)c1)C(F)(F)F. The van der Waals surface area contributed by atoms with Crippen molar-refractivity contribution in [1.82, 2.24) is 0 Å². The van der Waals surface area contributed by atoms with Crippen molar-refractivity contribution in [2.24, 2.45) is 5.41 Å². The van der Waals surface area contributed by atoms with Gasteiger partial charge in [0, 0.05) is 0 Å². The molecular formula is C14H12Cl3F3. The summed E-state index contributed by atoms with van der Waals surface area (Å²) in [6.45, 7) is 5.32. The van der Waals surface area contributed by atoms with Gasteiger partial charge in [-0.15, -0.1) is 5.73 Å². The molecule has 0 bridgehead atoms. The number of hydrogen-bond donors (Lipinski definition) is 0. The monoisotopic (exact) mass is 342 g/mol. The van der Waals surface area contributed by atoms with E-state index in [0.29, 0.717) is 0 Å². The van der Waals surface area contributed by atoms with Crippen LogP contribution in [0.25, 0.3) is 5.57 Å². The molecule has 0 N–H and O–H groups in total. The molecule has 0 amide bonds. The van der Waals surface area contributed by atoms with Crippen LogP contribution in [0.4, 0.5) is 13.2 Å². The minimum Gasteiger partial charge on any atom is -0.165 e. The molecule has 1 rings (SSSR count). The van der Waals surface area contributed by atoms with Gasteiger partial charge in [-0.25, -0.2) is 0 Å². The van der Waals surface area contributed by atoms with Crippen LogP contribution in [-0.4, -0.2) is 6.18 Å². The highest BCUT2D eigenvalue weighted by Gasteiger charge is 2.35. The minimum absolute atomic E-state index is 0.0263. The molecule has 0 nitrogen and oxygen atoms in total. The van der Waals surface area contributed by atoms with E-state index in [1.165, 1.54) is 6.08 Å². The molecule has 110 valence electrons. The number of rotatable bonds is 1. The van der Waals surface area contributed by atoms with E-state index in [-0.39, 0.29) is 20.6 Å². The Labute approximate surface area is 130 Å². The number of hydrogen-bond acceptors (Lipinski definition) is 0. The Morgan fingerprint density at radius 1 is 1.05 bits per heavy atom. The predicted molar refractivity (Wildman–Crippen MR) is 78.5 cm³/mol. The summed E-state index contributed by atoms with van der Waals surface area (Å²) >= 11 is 17.3. The topological polar surface area (TPSA) is 0 Å². The van der Waals surface area contributed by atoms with E-state index in [1.807, 2.05) is 0 Å². The molecule has 1 aromatic rings. The first-order chi connectivity index (χ1) is 8.92. The van der Waals surface area contributed by atoms with Crippen molar-refractivity contribution in [3.63, 3.8) is 0 Å². The third kappa shape index (κ3) is 4.75. The first kappa shape index (κ1) is 17.5. The fourth-order valence-electron chi connectivity index (χ4n) is 1.32. The van der Waals surface area contributed by atoms with Gasteiger partial charge in [0.2, 0.25) is 0 Å². The number of halogens is 6. The molecule has 6 heteroatoms. The molecule has 20 heavy (non-hydrogen) atoms.